The lowest BCUT2D eigenvalue weighted by molar-refractivity contribution is -0.125. The van der Waals surface area contributed by atoms with Crippen LogP contribution in [0.1, 0.15) is 72.1 Å². The van der Waals surface area contributed by atoms with Crippen LogP contribution in [0.3, 0.4) is 0 Å². The van der Waals surface area contributed by atoms with Gasteiger partial charge in [-0.25, -0.2) is 0 Å². The highest BCUT2D eigenvalue weighted by Crippen LogP contribution is 2.48. The van der Waals surface area contributed by atoms with E-state index >= 15 is 0 Å². The van der Waals surface area contributed by atoms with E-state index in [1.165, 1.54) is 6.42 Å². The fraction of sp³-hybridized carbons (Fsp3) is 0.500. The largest absolute Gasteiger partial charge is 0.493 e. The number of ether oxygens (including phenoxy) is 2. The van der Waals surface area contributed by atoms with Crippen molar-refractivity contribution in [2.24, 2.45) is 11.8 Å². The van der Waals surface area contributed by atoms with Crippen LogP contribution in [-0.2, 0) is 11.2 Å². The van der Waals surface area contributed by atoms with Crippen LogP contribution in [-0.4, -0.2) is 43.5 Å². The SMILES string of the molecule is COc1cc2c(cc1OC)[C@@H]1[C@H](C(=O)N[C@@H]3CCC[C@H](C)[C@@H]3C)c3ccccc3C(=O)N1CC2. The number of nitrogens with zero attached hydrogens (tertiary/aromatic N) is 1. The number of benzene rings is 2. The van der Waals surface area contributed by atoms with Crippen molar-refractivity contribution in [1.29, 1.82) is 0 Å². The number of methoxy groups -OCH3 is 2. The van der Waals surface area contributed by atoms with E-state index in [4.69, 9.17) is 9.47 Å². The summed E-state index contributed by atoms with van der Waals surface area (Å²) in [5, 5.41) is 3.41. The molecule has 34 heavy (non-hydrogen) atoms. The molecule has 1 aliphatic carbocycles. The molecule has 2 aliphatic heterocycles. The molecule has 3 aliphatic rings. The van der Waals surface area contributed by atoms with E-state index in [0.29, 0.717) is 41.9 Å². The molecule has 0 spiro atoms. The van der Waals surface area contributed by atoms with Crippen LogP contribution in [0.15, 0.2) is 36.4 Å². The summed E-state index contributed by atoms with van der Waals surface area (Å²) < 4.78 is 11.1. The normalized spacial score (nSPS) is 27.8. The van der Waals surface area contributed by atoms with E-state index in [1.807, 2.05) is 41.3 Å². The highest BCUT2D eigenvalue weighted by Gasteiger charge is 2.47. The van der Waals surface area contributed by atoms with Gasteiger partial charge in [-0.05, 0) is 59.6 Å². The molecule has 1 N–H and O–H groups in total. The third kappa shape index (κ3) is 3.64. The van der Waals surface area contributed by atoms with Gasteiger partial charge in [0, 0.05) is 18.2 Å². The first kappa shape index (κ1) is 22.8. The van der Waals surface area contributed by atoms with Crippen molar-refractivity contribution in [1.82, 2.24) is 10.2 Å². The number of nitrogens with one attached hydrogen (secondary N) is 1. The van der Waals surface area contributed by atoms with Gasteiger partial charge < -0.3 is 19.7 Å². The lowest BCUT2D eigenvalue weighted by atomic mass is 9.74. The molecule has 0 saturated heterocycles. The molecule has 2 amide bonds. The van der Waals surface area contributed by atoms with E-state index in [2.05, 4.69) is 19.2 Å². The molecule has 2 aromatic rings. The number of rotatable bonds is 4. The Labute approximate surface area is 201 Å². The third-order valence-corrected chi connectivity index (χ3v) is 8.34. The van der Waals surface area contributed by atoms with Crippen molar-refractivity contribution in [3.05, 3.63) is 58.7 Å². The first-order valence-corrected chi connectivity index (χ1v) is 12.4. The molecule has 6 nitrogen and oxygen atoms in total. The minimum atomic E-state index is -0.476. The maximum Gasteiger partial charge on any atom is 0.254 e. The van der Waals surface area contributed by atoms with Gasteiger partial charge in [0.15, 0.2) is 11.5 Å². The minimum absolute atomic E-state index is 0.00327. The molecule has 1 fully saturated rings. The molecule has 0 aromatic heterocycles. The van der Waals surface area contributed by atoms with Gasteiger partial charge in [0.1, 0.15) is 0 Å². The summed E-state index contributed by atoms with van der Waals surface area (Å²) in [7, 11) is 3.24. The van der Waals surface area contributed by atoms with E-state index in [-0.39, 0.29) is 23.9 Å². The first-order valence-electron chi connectivity index (χ1n) is 12.4. The summed E-state index contributed by atoms with van der Waals surface area (Å²) in [6.07, 6.45) is 4.05. The van der Waals surface area contributed by atoms with Gasteiger partial charge in [-0.2, -0.15) is 0 Å². The maximum atomic E-state index is 14.0. The third-order valence-electron chi connectivity index (χ3n) is 8.34. The zero-order valence-corrected chi connectivity index (χ0v) is 20.5. The fourth-order valence-corrected chi connectivity index (χ4v) is 6.19. The fourth-order valence-electron chi connectivity index (χ4n) is 6.19. The van der Waals surface area contributed by atoms with E-state index in [1.54, 1.807) is 14.2 Å². The van der Waals surface area contributed by atoms with Gasteiger partial charge in [0.05, 0.1) is 26.2 Å². The number of carbonyl (C=O) groups excluding carboxylic acids is 2. The summed E-state index contributed by atoms with van der Waals surface area (Å²) in [6.45, 7) is 5.09. The van der Waals surface area contributed by atoms with Crippen LogP contribution in [0.25, 0.3) is 0 Å². The zero-order valence-electron chi connectivity index (χ0n) is 20.5. The van der Waals surface area contributed by atoms with E-state index in [9.17, 15) is 9.59 Å². The van der Waals surface area contributed by atoms with Crippen molar-refractivity contribution in [3.8, 4) is 11.5 Å². The average molecular weight is 463 g/mol. The summed E-state index contributed by atoms with van der Waals surface area (Å²) in [6, 6.07) is 11.3. The highest BCUT2D eigenvalue weighted by molar-refractivity contribution is 6.01. The van der Waals surface area contributed by atoms with Crippen LogP contribution >= 0.6 is 0 Å². The number of hydrogen-bond donors (Lipinski definition) is 1. The first-order chi connectivity index (χ1) is 16.4. The van der Waals surface area contributed by atoms with Crippen molar-refractivity contribution in [2.45, 2.75) is 57.5 Å². The molecule has 0 radical (unpaired) electrons. The second kappa shape index (κ2) is 8.97. The molecule has 0 bridgehead atoms. The van der Waals surface area contributed by atoms with Gasteiger partial charge in [0.2, 0.25) is 5.91 Å². The molecule has 1 saturated carbocycles. The van der Waals surface area contributed by atoms with Gasteiger partial charge in [-0.1, -0.05) is 44.9 Å². The molecule has 5 atom stereocenters. The summed E-state index contributed by atoms with van der Waals surface area (Å²) in [5.41, 5.74) is 3.51. The number of fused-ring (bicyclic) bond motifs is 4. The van der Waals surface area contributed by atoms with Gasteiger partial charge in [-0.3, -0.25) is 9.59 Å². The van der Waals surface area contributed by atoms with E-state index < -0.39 is 5.92 Å². The second-order valence-electron chi connectivity index (χ2n) is 10.0. The lowest BCUT2D eigenvalue weighted by Crippen LogP contribution is -2.52. The highest BCUT2D eigenvalue weighted by atomic mass is 16.5. The van der Waals surface area contributed by atoms with Gasteiger partial charge >= 0.3 is 0 Å². The maximum absolute atomic E-state index is 14.0. The molecule has 6 heteroatoms. The van der Waals surface area contributed by atoms with Crippen LogP contribution in [0.4, 0.5) is 0 Å². The van der Waals surface area contributed by atoms with Gasteiger partial charge in [-0.15, -0.1) is 0 Å². The Morgan fingerprint density at radius 1 is 1.03 bits per heavy atom. The Kier molecular flexibility index (Phi) is 6.00. The number of amides is 2. The van der Waals surface area contributed by atoms with Crippen LogP contribution in [0.5, 0.6) is 11.5 Å². The van der Waals surface area contributed by atoms with E-state index in [0.717, 1.165) is 29.5 Å². The van der Waals surface area contributed by atoms with Crippen molar-refractivity contribution in [2.75, 3.05) is 20.8 Å². The van der Waals surface area contributed by atoms with Gasteiger partial charge in [0.25, 0.3) is 5.91 Å². The van der Waals surface area contributed by atoms with Crippen molar-refractivity contribution >= 4 is 11.8 Å². The van der Waals surface area contributed by atoms with Crippen molar-refractivity contribution < 1.29 is 19.1 Å². The molecular weight excluding hydrogens is 428 g/mol. The number of hydrogen-bond acceptors (Lipinski definition) is 4. The summed E-state index contributed by atoms with van der Waals surface area (Å²) in [4.78, 5) is 29.4. The second-order valence-corrected chi connectivity index (χ2v) is 10.0. The van der Waals surface area contributed by atoms with Crippen molar-refractivity contribution in [3.63, 3.8) is 0 Å². The molecule has 180 valence electrons. The molecule has 2 heterocycles. The Morgan fingerprint density at radius 3 is 2.53 bits per heavy atom. The zero-order chi connectivity index (χ0) is 24.0. The summed E-state index contributed by atoms with van der Waals surface area (Å²) >= 11 is 0. The summed E-state index contributed by atoms with van der Waals surface area (Å²) in [5.74, 6) is 1.82. The Bertz CT molecular complexity index is 1110. The smallest absolute Gasteiger partial charge is 0.254 e. The molecule has 5 rings (SSSR count). The van der Waals surface area contributed by atoms with Crippen LogP contribution < -0.4 is 14.8 Å². The predicted molar refractivity (Wildman–Crippen MR) is 130 cm³/mol. The Morgan fingerprint density at radius 2 is 1.76 bits per heavy atom. The predicted octanol–water partition coefficient (Wildman–Crippen LogP) is 4.48. The molecule has 0 unspecified atom stereocenters. The Hall–Kier alpha value is -3.02. The molecular formula is C28H34N2O4. The van der Waals surface area contributed by atoms with Crippen LogP contribution in [0, 0.1) is 11.8 Å². The standard InChI is InChI=1S/C28H34N2O4/c1-16-8-7-11-22(17(16)2)29-27(31)25-19-9-5-6-10-20(19)28(32)30-13-12-18-14-23(33-3)24(34-4)15-21(18)26(25)30/h5-6,9-10,14-17,22,25-26H,7-8,11-13H2,1-4H3,(H,29,31)/t16-,17-,22+,25+,26+/m0/s1. The quantitative estimate of drug-likeness (QED) is 0.727. The van der Waals surface area contributed by atoms with Crippen LogP contribution in [0.2, 0.25) is 0 Å². The minimum Gasteiger partial charge on any atom is -0.493 e. The molecule has 2 aromatic carbocycles. The average Bonchev–Trinajstić information content (AvgIpc) is 2.86. The lowest BCUT2D eigenvalue weighted by Gasteiger charge is -2.46. The monoisotopic (exact) mass is 462 g/mol. The number of carbonyl (C=O) groups is 2. The Balaban J connectivity index is 1.60. The topological polar surface area (TPSA) is 67.9 Å².